The van der Waals surface area contributed by atoms with Crippen LogP contribution in [0.2, 0.25) is 0 Å². The van der Waals surface area contributed by atoms with Gasteiger partial charge in [0.15, 0.2) is 0 Å². The van der Waals surface area contributed by atoms with Gasteiger partial charge in [-0.2, -0.15) is 0 Å². The van der Waals surface area contributed by atoms with Gasteiger partial charge in [-0.05, 0) is 23.8 Å². The monoisotopic (exact) mass is 206 g/mol. The molecule has 0 N–H and O–H groups in total. The second-order valence-electron chi connectivity index (χ2n) is 3.66. The first-order valence-corrected chi connectivity index (χ1v) is 5.93. The molecule has 1 aliphatic carbocycles. The Hall–Kier alpha value is -0.890. The van der Waals surface area contributed by atoms with Crippen LogP contribution >= 0.6 is 11.3 Å². The van der Waals surface area contributed by atoms with Crippen LogP contribution in [0.1, 0.15) is 30.6 Å². The van der Waals surface area contributed by atoms with Crippen molar-refractivity contribution in [2.45, 2.75) is 25.7 Å². The maximum Gasteiger partial charge on any atom is 0.145 e. The predicted molar refractivity (Wildman–Crippen MR) is 59.6 cm³/mol. The van der Waals surface area contributed by atoms with E-state index < -0.39 is 0 Å². The predicted octanol–water partition coefficient (Wildman–Crippen LogP) is 3.39. The summed E-state index contributed by atoms with van der Waals surface area (Å²) in [4.78, 5) is 13.0. The number of Topliss-reactive ketones (excluding diaryl/α,β-unsaturated/α-hetero) is 1. The molecule has 0 amide bonds. The van der Waals surface area contributed by atoms with Crippen LogP contribution in [0.25, 0.3) is 0 Å². The molecule has 0 saturated heterocycles. The van der Waals surface area contributed by atoms with Gasteiger partial charge in [0, 0.05) is 11.3 Å². The third-order valence-corrected chi connectivity index (χ3v) is 3.75. The number of ketones is 1. The van der Waals surface area contributed by atoms with Gasteiger partial charge in [0.2, 0.25) is 0 Å². The standard InChI is InChI=1S/C12H14OS/c1-2-9-5-3-6-10(13)12(9)11-7-4-8-14-11/h3-5,7-9,12H,2,6H2,1H3/t9-,12?/m1/s1. The molecule has 0 aliphatic heterocycles. The average Bonchev–Trinajstić information content (AvgIpc) is 2.70. The van der Waals surface area contributed by atoms with E-state index in [1.54, 1.807) is 11.3 Å². The minimum atomic E-state index is 0.130. The van der Waals surface area contributed by atoms with Crippen molar-refractivity contribution in [1.82, 2.24) is 0 Å². The third kappa shape index (κ3) is 1.67. The van der Waals surface area contributed by atoms with Crippen LogP contribution in [0.5, 0.6) is 0 Å². The number of hydrogen-bond donors (Lipinski definition) is 0. The molecule has 0 spiro atoms. The highest BCUT2D eigenvalue weighted by atomic mass is 32.1. The first kappa shape index (κ1) is 9.66. The van der Waals surface area contributed by atoms with Crippen molar-refractivity contribution >= 4 is 17.1 Å². The summed E-state index contributed by atoms with van der Waals surface area (Å²) in [6, 6.07) is 4.10. The quantitative estimate of drug-likeness (QED) is 0.678. The highest BCUT2D eigenvalue weighted by molar-refractivity contribution is 7.10. The van der Waals surface area contributed by atoms with Crippen molar-refractivity contribution in [3.05, 3.63) is 34.5 Å². The summed E-state index contributed by atoms with van der Waals surface area (Å²) in [5, 5.41) is 2.05. The van der Waals surface area contributed by atoms with E-state index in [0.29, 0.717) is 18.1 Å². The van der Waals surface area contributed by atoms with Gasteiger partial charge in [0.25, 0.3) is 0 Å². The fourth-order valence-electron chi connectivity index (χ4n) is 2.05. The fraction of sp³-hybridized carbons (Fsp3) is 0.417. The Kier molecular flexibility index (Phi) is 2.82. The maximum absolute atomic E-state index is 11.8. The number of rotatable bonds is 2. The lowest BCUT2D eigenvalue weighted by atomic mass is 9.80. The van der Waals surface area contributed by atoms with Crippen molar-refractivity contribution in [2.24, 2.45) is 5.92 Å². The lowest BCUT2D eigenvalue weighted by molar-refractivity contribution is -0.120. The zero-order chi connectivity index (χ0) is 9.97. The summed E-state index contributed by atoms with van der Waals surface area (Å²) >= 11 is 1.70. The molecular weight excluding hydrogens is 192 g/mol. The first-order chi connectivity index (χ1) is 6.83. The van der Waals surface area contributed by atoms with Crippen LogP contribution in [0, 0.1) is 5.92 Å². The van der Waals surface area contributed by atoms with Gasteiger partial charge in [-0.3, -0.25) is 4.79 Å². The first-order valence-electron chi connectivity index (χ1n) is 5.05. The van der Waals surface area contributed by atoms with Gasteiger partial charge in [0.1, 0.15) is 5.78 Å². The molecule has 0 bridgehead atoms. The van der Waals surface area contributed by atoms with Crippen LogP contribution in [0.4, 0.5) is 0 Å². The molecule has 1 aromatic rings. The molecule has 0 saturated carbocycles. The number of hydrogen-bond acceptors (Lipinski definition) is 2. The molecule has 1 nitrogen and oxygen atoms in total. The van der Waals surface area contributed by atoms with E-state index in [4.69, 9.17) is 0 Å². The third-order valence-electron chi connectivity index (χ3n) is 2.80. The van der Waals surface area contributed by atoms with Crippen molar-refractivity contribution in [1.29, 1.82) is 0 Å². The highest BCUT2D eigenvalue weighted by Gasteiger charge is 2.29. The molecule has 2 rings (SSSR count). The number of allylic oxidation sites excluding steroid dienone is 2. The topological polar surface area (TPSA) is 17.1 Å². The Morgan fingerprint density at radius 2 is 2.43 bits per heavy atom. The Morgan fingerprint density at radius 3 is 3.07 bits per heavy atom. The average molecular weight is 206 g/mol. The van der Waals surface area contributed by atoms with Gasteiger partial charge in [0.05, 0.1) is 5.92 Å². The summed E-state index contributed by atoms with van der Waals surface area (Å²) in [6.45, 7) is 2.15. The van der Waals surface area contributed by atoms with Gasteiger partial charge in [-0.15, -0.1) is 11.3 Å². The molecule has 1 aliphatic rings. The normalized spacial score (nSPS) is 26.8. The molecule has 2 atom stereocenters. The smallest absolute Gasteiger partial charge is 0.145 e. The molecule has 1 unspecified atom stereocenters. The summed E-state index contributed by atoms with van der Waals surface area (Å²) in [5.74, 6) is 0.918. The summed E-state index contributed by atoms with van der Waals surface area (Å²) in [5.41, 5.74) is 0. The SMILES string of the molecule is CC[C@@H]1C=CCC(=O)C1c1cccs1. The minimum absolute atomic E-state index is 0.130. The largest absolute Gasteiger partial charge is 0.299 e. The Balaban J connectivity index is 2.31. The zero-order valence-electron chi connectivity index (χ0n) is 8.27. The molecule has 1 aromatic heterocycles. The minimum Gasteiger partial charge on any atom is -0.299 e. The van der Waals surface area contributed by atoms with E-state index in [0.717, 1.165) is 6.42 Å². The van der Waals surface area contributed by atoms with Gasteiger partial charge in [-0.25, -0.2) is 0 Å². The number of thiophene rings is 1. The van der Waals surface area contributed by atoms with Gasteiger partial charge >= 0.3 is 0 Å². The molecule has 2 heteroatoms. The Bertz CT molecular complexity index is 337. The van der Waals surface area contributed by atoms with Crippen LogP contribution < -0.4 is 0 Å². The second-order valence-corrected chi connectivity index (χ2v) is 4.64. The molecular formula is C12H14OS. The molecule has 14 heavy (non-hydrogen) atoms. The van der Waals surface area contributed by atoms with E-state index >= 15 is 0 Å². The summed E-state index contributed by atoms with van der Waals surface area (Å²) in [7, 11) is 0. The zero-order valence-corrected chi connectivity index (χ0v) is 9.09. The van der Waals surface area contributed by atoms with E-state index in [1.165, 1.54) is 4.88 Å². The second kappa shape index (κ2) is 4.09. The Labute approximate surface area is 88.5 Å². The fourth-order valence-corrected chi connectivity index (χ4v) is 2.97. The summed E-state index contributed by atoms with van der Waals surface area (Å²) < 4.78 is 0. The lowest BCUT2D eigenvalue weighted by Gasteiger charge is -2.24. The number of carbonyl (C=O) groups is 1. The van der Waals surface area contributed by atoms with Gasteiger partial charge < -0.3 is 0 Å². The van der Waals surface area contributed by atoms with Crippen LogP contribution in [-0.2, 0) is 4.79 Å². The van der Waals surface area contributed by atoms with E-state index in [9.17, 15) is 4.79 Å². The van der Waals surface area contributed by atoms with E-state index in [-0.39, 0.29) is 5.92 Å². The van der Waals surface area contributed by atoms with Gasteiger partial charge in [-0.1, -0.05) is 25.1 Å². The number of carbonyl (C=O) groups excluding carboxylic acids is 1. The maximum atomic E-state index is 11.8. The van der Waals surface area contributed by atoms with Crippen LogP contribution in [0.15, 0.2) is 29.7 Å². The lowest BCUT2D eigenvalue weighted by Crippen LogP contribution is -2.22. The van der Waals surface area contributed by atoms with Crippen LogP contribution in [-0.4, -0.2) is 5.78 Å². The van der Waals surface area contributed by atoms with E-state index in [1.807, 2.05) is 17.5 Å². The molecule has 0 fully saturated rings. The van der Waals surface area contributed by atoms with Crippen LogP contribution in [0.3, 0.4) is 0 Å². The Morgan fingerprint density at radius 1 is 1.57 bits per heavy atom. The molecule has 0 radical (unpaired) electrons. The highest BCUT2D eigenvalue weighted by Crippen LogP contribution is 2.35. The van der Waals surface area contributed by atoms with Crippen molar-refractivity contribution in [3.63, 3.8) is 0 Å². The molecule has 74 valence electrons. The molecule has 1 heterocycles. The summed E-state index contributed by atoms with van der Waals surface area (Å²) in [6.07, 6.45) is 5.87. The molecule has 0 aromatic carbocycles. The van der Waals surface area contributed by atoms with Crippen molar-refractivity contribution < 1.29 is 4.79 Å². The van der Waals surface area contributed by atoms with Crippen molar-refractivity contribution in [2.75, 3.05) is 0 Å². The van der Waals surface area contributed by atoms with Crippen molar-refractivity contribution in [3.8, 4) is 0 Å². The van der Waals surface area contributed by atoms with E-state index in [2.05, 4.69) is 19.1 Å².